The molecule has 7 nitrogen and oxygen atoms in total. The Kier molecular flexibility index (Phi) is 6.44. The van der Waals surface area contributed by atoms with Gasteiger partial charge < -0.3 is 14.5 Å². The highest BCUT2D eigenvalue weighted by atomic mass is 16.5. The molecule has 4 heterocycles. The van der Waals surface area contributed by atoms with Crippen LogP contribution in [0, 0.1) is 6.92 Å². The molecule has 0 spiro atoms. The number of morpholine rings is 1. The van der Waals surface area contributed by atoms with E-state index in [1.807, 2.05) is 43.3 Å². The fourth-order valence-corrected chi connectivity index (χ4v) is 4.98. The number of aryl methyl sites for hydroxylation is 1. The van der Waals surface area contributed by atoms with Gasteiger partial charge in [0.25, 0.3) is 5.91 Å². The second-order valence-electron chi connectivity index (χ2n) is 8.87. The fourth-order valence-electron chi connectivity index (χ4n) is 4.98. The van der Waals surface area contributed by atoms with Crippen molar-refractivity contribution in [2.75, 3.05) is 45.9 Å². The van der Waals surface area contributed by atoms with E-state index in [1.54, 1.807) is 0 Å². The number of carbonyl (C=O) groups is 1. The average molecular weight is 449 g/mol. The lowest BCUT2D eigenvalue weighted by Gasteiger charge is -2.33. The molecule has 174 valence electrons. The minimum absolute atomic E-state index is 0.0254. The van der Waals surface area contributed by atoms with Gasteiger partial charge in [0, 0.05) is 55.8 Å². The van der Waals surface area contributed by atoms with E-state index in [4.69, 9.17) is 14.1 Å². The maximum absolute atomic E-state index is 13.7. The van der Waals surface area contributed by atoms with E-state index in [0.717, 1.165) is 78.4 Å². The van der Waals surface area contributed by atoms with Crippen molar-refractivity contribution in [3.63, 3.8) is 0 Å². The predicted octanol–water partition coefficient (Wildman–Crippen LogP) is 3.32. The first-order chi connectivity index (χ1) is 16.1. The van der Waals surface area contributed by atoms with Crippen molar-refractivity contribution in [2.45, 2.75) is 32.9 Å². The Morgan fingerprint density at radius 1 is 1.15 bits per heavy atom. The van der Waals surface area contributed by atoms with Crippen LogP contribution in [-0.4, -0.2) is 66.6 Å². The number of hydrogen-bond donors (Lipinski definition) is 1. The lowest BCUT2D eigenvalue weighted by Crippen LogP contribution is -2.44. The topological polar surface area (TPSA) is 70.8 Å². The number of para-hydroxylation sites is 1. The molecule has 1 atom stereocenters. The summed E-state index contributed by atoms with van der Waals surface area (Å²) in [7, 11) is 0. The maximum atomic E-state index is 13.7. The molecule has 5 rings (SSSR count). The highest BCUT2D eigenvalue weighted by molar-refractivity contribution is 6.07. The van der Waals surface area contributed by atoms with Crippen LogP contribution in [0.3, 0.4) is 0 Å². The third kappa shape index (κ3) is 4.53. The molecule has 2 aliphatic rings. The molecule has 0 bridgehead atoms. The van der Waals surface area contributed by atoms with Crippen molar-refractivity contribution in [1.82, 2.24) is 20.1 Å². The van der Waals surface area contributed by atoms with Crippen LogP contribution >= 0.6 is 0 Å². The van der Waals surface area contributed by atoms with Gasteiger partial charge in [0.05, 0.1) is 30.3 Å². The average Bonchev–Trinajstić information content (AvgIpc) is 3.28. The molecule has 3 aromatic rings. The zero-order valence-corrected chi connectivity index (χ0v) is 19.5. The van der Waals surface area contributed by atoms with Crippen LogP contribution in [0.1, 0.15) is 46.1 Å². The summed E-state index contributed by atoms with van der Waals surface area (Å²) in [5.41, 5.74) is 3.77. The fraction of sp³-hybridized carbons (Fsp3) is 0.462. The summed E-state index contributed by atoms with van der Waals surface area (Å²) in [5, 5.41) is 4.17. The molecule has 33 heavy (non-hydrogen) atoms. The summed E-state index contributed by atoms with van der Waals surface area (Å²) in [4.78, 5) is 23.3. The standard InChI is InChI=1S/C26H32N4O3/c1-3-29-11-10-22-20(17-29)25(19-6-4-5-7-21(19)28-22)26(31)27-16-23(24-9-8-18(2)33-24)30-12-14-32-15-13-30/h4-9,23H,3,10-17H2,1-2H3,(H,27,31)/t23-/m0/s1. The number of furan rings is 1. The van der Waals surface area contributed by atoms with E-state index in [2.05, 4.69) is 22.0 Å². The highest BCUT2D eigenvalue weighted by Gasteiger charge is 2.28. The number of hydrogen-bond acceptors (Lipinski definition) is 6. The number of ether oxygens (including phenoxy) is 1. The minimum Gasteiger partial charge on any atom is -0.465 e. The normalized spacial score (nSPS) is 18.2. The van der Waals surface area contributed by atoms with Crippen molar-refractivity contribution in [1.29, 1.82) is 0 Å². The van der Waals surface area contributed by atoms with Gasteiger partial charge in [-0.05, 0) is 31.7 Å². The third-order valence-corrected chi connectivity index (χ3v) is 6.83. The molecule has 1 saturated heterocycles. The summed E-state index contributed by atoms with van der Waals surface area (Å²) in [5.74, 6) is 1.72. The van der Waals surface area contributed by atoms with Gasteiger partial charge in [-0.15, -0.1) is 0 Å². The third-order valence-electron chi connectivity index (χ3n) is 6.83. The number of amides is 1. The first kappa shape index (κ1) is 22.1. The van der Waals surface area contributed by atoms with Gasteiger partial charge in [-0.1, -0.05) is 25.1 Å². The van der Waals surface area contributed by atoms with E-state index >= 15 is 0 Å². The molecule has 7 heteroatoms. The largest absolute Gasteiger partial charge is 0.465 e. The Labute approximate surface area is 194 Å². The van der Waals surface area contributed by atoms with Crippen molar-refractivity contribution in [2.24, 2.45) is 0 Å². The Hall–Kier alpha value is -2.74. The van der Waals surface area contributed by atoms with Crippen molar-refractivity contribution < 1.29 is 13.9 Å². The molecule has 2 aromatic heterocycles. The summed E-state index contributed by atoms with van der Waals surface area (Å²) in [6.45, 7) is 10.3. The van der Waals surface area contributed by atoms with Crippen molar-refractivity contribution in [3.05, 3.63) is 64.7 Å². The number of carbonyl (C=O) groups excluding carboxylic acids is 1. The minimum atomic E-state index is -0.0376. The Morgan fingerprint density at radius 3 is 2.73 bits per heavy atom. The molecule has 0 aliphatic carbocycles. The van der Waals surface area contributed by atoms with E-state index in [0.29, 0.717) is 19.8 Å². The van der Waals surface area contributed by atoms with E-state index < -0.39 is 0 Å². The van der Waals surface area contributed by atoms with E-state index in [9.17, 15) is 4.79 Å². The first-order valence-electron chi connectivity index (χ1n) is 11.9. The van der Waals surface area contributed by atoms with E-state index in [1.165, 1.54) is 0 Å². The number of nitrogens with zero attached hydrogens (tertiary/aromatic N) is 3. The smallest absolute Gasteiger partial charge is 0.252 e. The Morgan fingerprint density at radius 2 is 1.97 bits per heavy atom. The lowest BCUT2D eigenvalue weighted by molar-refractivity contribution is 0.0117. The number of rotatable bonds is 6. The van der Waals surface area contributed by atoms with Gasteiger partial charge in [-0.25, -0.2) is 0 Å². The molecule has 0 saturated carbocycles. The number of benzene rings is 1. The van der Waals surface area contributed by atoms with Crippen LogP contribution in [0.4, 0.5) is 0 Å². The SMILES string of the molecule is CCN1CCc2nc3ccccc3c(C(=O)NC[C@@H](c3ccc(C)o3)N3CCOCC3)c2C1. The quantitative estimate of drug-likeness (QED) is 0.624. The van der Waals surface area contributed by atoms with Gasteiger partial charge in [0.1, 0.15) is 11.5 Å². The number of nitrogens with one attached hydrogen (secondary N) is 1. The summed E-state index contributed by atoms with van der Waals surface area (Å²) >= 11 is 0. The second-order valence-corrected chi connectivity index (χ2v) is 8.87. The van der Waals surface area contributed by atoms with Crippen molar-refractivity contribution in [3.8, 4) is 0 Å². The molecule has 1 aromatic carbocycles. The van der Waals surface area contributed by atoms with Crippen LogP contribution in [0.5, 0.6) is 0 Å². The van der Waals surface area contributed by atoms with Crippen LogP contribution in [-0.2, 0) is 17.7 Å². The number of fused-ring (bicyclic) bond motifs is 2. The number of aromatic nitrogens is 1. The van der Waals surface area contributed by atoms with Gasteiger partial charge in [-0.3, -0.25) is 19.6 Å². The zero-order valence-electron chi connectivity index (χ0n) is 19.5. The van der Waals surface area contributed by atoms with Gasteiger partial charge >= 0.3 is 0 Å². The predicted molar refractivity (Wildman–Crippen MR) is 127 cm³/mol. The zero-order chi connectivity index (χ0) is 22.8. The highest BCUT2D eigenvalue weighted by Crippen LogP contribution is 2.29. The van der Waals surface area contributed by atoms with Crippen LogP contribution in [0.15, 0.2) is 40.8 Å². The molecule has 1 amide bonds. The van der Waals surface area contributed by atoms with Crippen molar-refractivity contribution >= 4 is 16.8 Å². The number of pyridine rings is 1. The first-order valence-corrected chi connectivity index (χ1v) is 11.9. The molecule has 1 N–H and O–H groups in total. The monoisotopic (exact) mass is 448 g/mol. The molecule has 2 aliphatic heterocycles. The number of likely N-dealkylation sites (N-methyl/N-ethyl adjacent to an activating group) is 1. The van der Waals surface area contributed by atoms with Gasteiger partial charge in [0.2, 0.25) is 0 Å². The summed E-state index contributed by atoms with van der Waals surface area (Å²) in [6, 6.07) is 12.0. The molecule has 0 unspecified atom stereocenters. The molecule has 0 radical (unpaired) electrons. The van der Waals surface area contributed by atoms with Gasteiger partial charge in [-0.2, -0.15) is 0 Å². The molecular weight excluding hydrogens is 416 g/mol. The van der Waals surface area contributed by atoms with Crippen LogP contribution < -0.4 is 5.32 Å². The van der Waals surface area contributed by atoms with Gasteiger partial charge in [0.15, 0.2) is 0 Å². The van der Waals surface area contributed by atoms with Crippen LogP contribution in [0.2, 0.25) is 0 Å². The Bertz CT molecular complexity index is 1140. The molecule has 1 fully saturated rings. The summed E-state index contributed by atoms with van der Waals surface area (Å²) < 4.78 is 11.5. The molecular formula is C26H32N4O3. The lowest BCUT2D eigenvalue weighted by atomic mass is 9.95. The maximum Gasteiger partial charge on any atom is 0.252 e. The second kappa shape index (κ2) is 9.63. The summed E-state index contributed by atoms with van der Waals surface area (Å²) in [6.07, 6.45) is 0.871. The van der Waals surface area contributed by atoms with Crippen LogP contribution in [0.25, 0.3) is 10.9 Å². The van der Waals surface area contributed by atoms with E-state index in [-0.39, 0.29) is 11.9 Å². The Balaban J connectivity index is 1.45.